The van der Waals surface area contributed by atoms with E-state index in [1.807, 2.05) is 22.7 Å². The minimum atomic E-state index is 1.17. The van der Waals surface area contributed by atoms with E-state index in [9.17, 15) is 0 Å². The minimum absolute atomic E-state index is 1.17. The van der Waals surface area contributed by atoms with Gasteiger partial charge in [-0.3, -0.25) is 0 Å². The van der Waals surface area contributed by atoms with Gasteiger partial charge in [0.15, 0.2) is 0 Å². The average molecular weight is 785 g/mol. The van der Waals surface area contributed by atoms with Gasteiger partial charge in [-0.2, -0.15) is 0 Å². The first-order chi connectivity index (χ1) is 28.2. The molecule has 0 saturated carbocycles. The maximum absolute atomic E-state index is 2.47. The van der Waals surface area contributed by atoms with Gasteiger partial charge in [0.2, 0.25) is 0 Å². The van der Waals surface area contributed by atoms with Crippen molar-refractivity contribution in [2.75, 3.05) is 9.80 Å². The molecule has 0 aliphatic carbocycles. The third kappa shape index (κ3) is 6.07. The number of anilines is 6. The van der Waals surface area contributed by atoms with Gasteiger partial charge in [-0.15, -0.1) is 22.7 Å². The van der Waals surface area contributed by atoms with Crippen LogP contribution in [-0.4, -0.2) is 0 Å². The van der Waals surface area contributed by atoms with E-state index in [-0.39, 0.29) is 0 Å². The van der Waals surface area contributed by atoms with Crippen molar-refractivity contribution in [3.05, 3.63) is 191 Å². The molecule has 58 heavy (non-hydrogen) atoms. The second-order valence-electron chi connectivity index (χ2n) is 15.7. The number of benzene rings is 8. The zero-order valence-electron chi connectivity index (χ0n) is 33.7. The molecular formula is C54H44N2S2. The largest absolute Gasteiger partial charge is 0.310 e. The second-order valence-corrected chi connectivity index (χ2v) is 17.9. The van der Waals surface area contributed by atoms with Gasteiger partial charge in [-0.05, 0) is 159 Å². The molecule has 0 bridgehead atoms. The third-order valence-electron chi connectivity index (χ3n) is 11.8. The summed E-state index contributed by atoms with van der Waals surface area (Å²) >= 11 is 3.73. The molecule has 0 fully saturated rings. The molecule has 10 aromatic rings. The summed E-state index contributed by atoms with van der Waals surface area (Å²) < 4.78 is 5.27. The summed E-state index contributed by atoms with van der Waals surface area (Å²) in [5, 5.41) is 5.23. The molecule has 282 valence electrons. The molecule has 0 aliphatic heterocycles. The Hall–Kier alpha value is -6.20. The van der Waals surface area contributed by atoms with E-state index in [4.69, 9.17) is 0 Å². The highest BCUT2D eigenvalue weighted by atomic mass is 32.1. The van der Waals surface area contributed by atoms with Crippen molar-refractivity contribution in [2.45, 2.75) is 41.5 Å². The van der Waals surface area contributed by atoms with Gasteiger partial charge >= 0.3 is 0 Å². The van der Waals surface area contributed by atoms with E-state index in [1.165, 1.54) is 119 Å². The van der Waals surface area contributed by atoms with Crippen LogP contribution in [0.4, 0.5) is 34.1 Å². The zero-order chi connectivity index (χ0) is 39.7. The fourth-order valence-corrected chi connectivity index (χ4v) is 11.1. The molecule has 0 N–H and O–H groups in total. The molecule has 0 aliphatic rings. The van der Waals surface area contributed by atoms with Crippen molar-refractivity contribution in [1.82, 2.24) is 0 Å². The average Bonchev–Trinajstić information content (AvgIpc) is 3.79. The van der Waals surface area contributed by atoms with Gasteiger partial charge in [-0.25, -0.2) is 0 Å². The van der Waals surface area contributed by atoms with Crippen molar-refractivity contribution in [3.8, 4) is 11.1 Å². The molecule has 0 saturated heterocycles. The van der Waals surface area contributed by atoms with Gasteiger partial charge in [0.1, 0.15) is 0 Å². The number of thiophene rings is 2. The van der Waals surface area contributed by atoms with E-state index < -0.39 is 0 Å². The van der Waals surface area contributed by atoms with Crippen LogP contribution < -0.4 is 9.80 Å². The monoisotopic (exact) mass is 784 g/mol. The number of aryl methyl sites for hydroxylation is 6. The van der Waals surface area contributed by atoms with Crippen LogP contribution in [0.15, 0.2) is 158 Å². The lowest BCUT2D eigenvalue weighted by atomic mass is 9.97. The lowest BCUT2D eigenvalue weighted by Gasteiger charge is -2.31. The highest BCUT2D eigenvalue weighted by Gasteiger charge is 2.22. The summed E-state index contributed by atoms with van der Waals surface area (Å²) in [6.07, 6.45) is 0. The van der Waals surface area contributed by atoms with Crippen LogP contribution in [0.3, 0.4) is 0 Å². The standard InChI is InChI=1S/C54H44N2S2/c1-33-13-11-14-34(2)53(33)55(41-23-27-51-45(31-41)43-17-7-9-19-49(43)57-51)47-25-21-39(29-37(47)5)40-22-26-48(38(6)30-40)56(54-35(3)15-12-16-36(54)4)42-24-28-52-46(32-42)44-18-8-10-20-50(44)58-52/h7-32H,1-6H3. The van der Waals surface area contributed by atoms with Crippen LogP contribution in [0.1, 0.15) is 33.4 Å². The number of para-hydroxylation sites is 2. The number of nitrogens with zero attached hydrogens (tertiary/aromatic N) is 2. The summed E-state index contributed by atoms with van der Waals surface area (Å²) in [6.45, 7) is 13.4. The molecule has 4 heteroatoms. The number of hydrogen-bond acceptors (Lipinski definition) is 4. The van der Waals surface area contributed by atoms with Gasteiger partial charge in [0.05, 0.1) is 11.4 Å². The minimum Gasteiger partial charge on any atom is -0.310 e. The van der Waals surface area contributed by atoms with Crippen molar-refractivity contribution < 1.29 is 0 Å². The summed E-state index contributed by atoms with van der Waals surface area (Å²) in [6, 6.07) is 58.7. The maximum Gasteiger partial charge on any atom is 0.0520 e. The number of rotatable bonds is 7. The summed E-state index contributed by atoms with van der Waals surface area (Å²) in [5.74, 6) is 0. The van der Waals surface area contributed by atoms with Gasteiger partial charge < -0.3 is 9.80 Å². The molecular weight excluding hydrogens is 741 g/mol. The number of fused-ring (bicyclic) bond motifs is 6. The first-order valence-electron chi connectivity index (χ1n) is 20.0. The Morgan fingerprint density at radius 1 is 0.310 bits per heavy atom. The van der Waals surface area contributed by atoms with E-state index in [2.05, 4.69) is 209 Å². The fourth-order valence-electron chi connectivity index (χ4n) is 8.97. The van der Waals surface area contributed by atoms with Gasteiger partial charge in [0, 0.05) is 63.1 Å². The Bertz CT molecular complexity index is 2960. The van der Waals surface area contributed by atoms with Crippen LogP contribution >= 0.6 is 22.7 Å². The highest BCUT2D eigenvalue weighted by Crippen LogP contribution is 2.46. The quantitative estimate of drug-likeness (QED) is 0.159. The Morgan fingerprint density at radius 2 is 0.690 bits per heavy atom. The molecule has 0 amide bonds. The normalized spacial score (nSPS) is 11.6. The third-order valence-corrected chi connectivity index (χ3v) is 14.1. The Kier molecular flexibility index (Phi) is 8.93. The molecule has 8 aromatic carbocycles. The molecule has 0 spiro atoms. The maximum atomic E-state index is 2.47. The van der Waals surface area contributed by atoms with E-state index >= 15 is 0 Å². The Morgan fingerprint density at radius 3 is 1.09 bits per heavy atom. The molecule has 2 heterocycles. The Balaban J connectivity index is 1.07. The van der Waals surface area contributed by atoms with Crippen LogP contribution in [0.25, 0.3) is 51.5 Å². The molecule has 0 atom stereocenters. The predicted octanol–water partition coefficient (Wildman–Crippen LogP) is 16.9. The van der Waals surface area contributed by atoms with E-state index in [0.29, 0.717) is 0 Å². The number of hydrogen-bond donors (Lipinski definition) is 0. The van der Waals surface area contributed by atoms with Crippen molar-refractivity contribution in [3.63, 3.8) is 0 Å². The second kappa shape index (κ2) is 14.3. The molecule has 0 unspecified atom stereocenters. The summed E-state index contributed by atoms with van der Waals surface area (Å²) in [4.78, 5) is 4.94. The van der Waals surface area contributed by atoms with Gasteiger partial charge in [-0.1, -0.05) is 84.9 Å². The van der Waals surface area contributed by atoms with E-state index in [0.717, 1.165) is 0 Å². The predicted molar refractivity (Wildman–Crippen MR) is 255 cm³/mol. The lowest BCUT2D eigenvalue weighted by molar-refractivity contribution is 1.20. The zero-order valence-corrected chi connectivity index (χ0v) is 35.4. The first-order valence-corrected chi connectivity index (χ1v) is 21.6. The topological polar surface area (TPSA) is 6.48 Å². The SMILES string of the molecule is Cc1cc(-c2ccc(N(c3ccc4sc5ccccc5c4c3)c3c(C)cccc3C)c(C)c2)ccc1N(c1ccc2sc3ccccc3c2c1)c1c(C)cccc1C. The summed E-state index contributed by atoms with van der Waals surface area (Å²) in [5.41, 5.74) is 17.1. The van der Waals surface area contributed by atoms with Crippen LogP contribution in [-0.2, 0) is 0 Å². The molecule has 2 aromatic heterocycles. The van der Waals surface area contributed by atoms with Crippen molar-refractivity contribution >= 4 is 97.1 Å². The fraction of sp³-hybridized carbons (Fsp3) is 0.111. The van der Waals surface area contributed by atoms with Crippen LogP contribution in [0.2, 0.25) is 0 Å². The Labute approximate surface area is 348 Å². The molecule has 0 radical (unpaired) electrons. The van der Waals surface area contributed by atoms with Gasteiger partial charge in [0.25, 0.3) is 0 Å². The van der Waals surface area contributed by atoms with Crippen LogP contribution in [0, 0.1) is 41.5 Å². The van der Waals surface area contributed by atoms with Crippen molar-refractivity contribution in [1.29, 1.82) is 0 Å². The summed E-state index contributed by atoms with van der Waals surface area (Å²) in [7, 11) is 0. The van der Waals surface area contributed by atoms with Crippen molar-refractivity contribution in [2.24, 2.45) is 0 Å². The first kappa shape index (κ1) is 36.2. The molecule has 2 nitrogen and oxygen atoms in total. The van der Waals surface area contributed by atoms with E-state index in [1.54, 1.807) is 0 Å². The lowest BCUT2D eigenvalue weighted by Crippen LogP contribution is -2.14. The smallest absolute Gasteiger partial charge is 0.0520 e. The van der Waals surface area contributed by atoms with Crippen LogP contribution in [0.5, 0.6) is 0 Å². The highest BCUT2D eigenvalue weighted by molar-refractivity contribution is 7.26. The molecule has 10 rings (SSSR count).